The van der Waals surface area contributed by atoms with E-state index in [-0.39, 0.29) is 5.56 Å². The van der Waals surface area contributed by atoms with E-state index in [0.717, 1.165) is 53.8 Å². The van der Waals surface area contributed by atoms with Crippen LogP contribution in [0.25, 0.3) is 10.2 Å². The Hall–Kier alpha value is -1.20. The molecule has 0 unspecified atom stereocenters. The van der Waals surface area contributed by atoms with E-state index in [2.05, 4.69) is 9.88 Å². The van der Waals surface area contributed by atoms with Gasteiger partial charge in [-0.25, -0.2) is 4.98 Å². The van der Waals surface area contributed by atoms with Gasteiger partial charge >= 0.3 is 0 Å². The number of nitrogens with zero attached hydrogens (tertiary/aromatic N) is 2. The van der Waals surface area contributed by atoms with Gasteiger partial charge in [0.25, 0.3) is 5.56 Å². The van der Waals surface area contributed by atoms with Crippen LogP contribution in [0.15, 0.2) is 4.79 Å². The predicted octanol–water partition coefficient (Wildman–Crippen LogP) is 3.49. The van der Waals surface area contributed by atoms with Crippen molar-refractivity contribution in [3.8, 4) is 0 Å². The van der Waals surface area contributed by atoms with Crippen molar-refractivity contribution in [1.82, 2.24) is 14.9 Å². The molecular weight excluding hydrogens is 318 g/mol. The molecule has 4 nitrogen and oxygen atoms in total. The fourth-order valence-corrected chi connectivity index (χ4v) is 6.43. The maximum atomic E-state index is 12.6. The molecule has 0 spiro atoms. The second kappa shape index (κ2) is 5.95. The Balaban J connectivity index is 1.38. The SMILES string of the molecule is O=c1[nH]c(CN2CC[C@H]3CCCC[C@@H]3C2)nc2sc3c(c12)CCC3. The Morgan fingerprint density at radius 1 is 1.12 bits per heavy atom. The minimum Gasteiger partial charge on any atom is -0.309 e. The molecule has 0 radical (unpaired) electrons. The van der Waals surface area contributed by atoms with E-state index in [1.807, 2.05) is 0 Å². The molecule has 3 aliphatic rings. The fraction of sp³-hybridized carbons (Fsp3) is 0.684. The third-order valence-corrected chi connectivity index (χ3v) is 7.56. The second-order valence-electron chi connectivity index (χ2n) is 7.88. The Morgan fingerprint density at radius 2 is 2.00 bits per heavy atom. The molecule has 3 heterocycles. The zero-order valence-corrected chi connectivity index (χ0v) is 15.0. The Bertz CT molecular complexity index is 824. The van der Waals surface area contributed by atoms with Crippen LogP contribution in [0.1, 0.15) is 54.8 Å². The summed E-state index contributed by atoms with van der Waals surface area (Å²) in [6.45, 7) is 3.15. The highest BCUT2D eigenvalue weighted by Gasteiger charge is 2.31. The standard InChI is InChI=1S/C19H25N3OS/c23-18-17-14-6-3-7-15(14)24-19(17)21-16(20-18)11-22-9-8-12-4-1-2-5-13(12)10-22/h12-13H,1-11H2,(H,20,21,23)/t12-,13-/m1/s1. The van der Waals surface area contributed by atoms with Gasteiger partial charge in [0.05, 0.1) is 11.9 Å². The lowest BCUT2D eigenvalue weighted by Crippen LogP contribution is -2.41. The quantitative estimate of drug-likeness (QED) is 0.908. The molecule has 1 N–H and O–H groups in total. The summed E-state index contributed by atoms with van der Waals surface area (Å²) in [5.41, 5.74) is 1.36. The van der Waals surface area contributed by atoms with E-state index in [9.17, 15) is 4.79 Å². The molecule has 0 aromatic carbocycles. The maximum absolute atomic E-state index is 12.6. The van der Waals surface area contributed by atoms with Crippen molar-refractivity contribution in [2.24, 2.45) is 11.8 Å². The van der Waals surface area contributed by atoms with Crippen LogP contribution in [0.2, 0.25) is 0 Å². The summed E-state index contributed by atoms with van der Waals surface area (Å²) >= 11 is 1.75. The van der Waals surface area contributed by atoms with Gasteiger partial charge in [-0.2, -0.15) is 0 Å². The number of rotatable bonds is 2. The van der Waals surface area contributed by atoms with Crippen molar-refractivity contribution in [1.29, 1.82) is 0 Å². The lowest BCUT2D eigenvalue weighted by molar-refractivity contribution is 0.0803. The summed E-state index contributed by atoms with van der Waals surface area (Å²) in [6.07, 6.45) is 10.3. The maximum Gasteiger partial charge on any atom is 0.259 e. The highest BCUT2D eigenvalue weighted by molar-refractivity contribution is 7.18. The molecule has 5 heteroatoms. The molecule has 1 saturated heterocycles. The van der Waals surface area contributed by atoms with Gasteiger partial charge in [0, 0.05) is 11.4 Å². The van der Waals surface area contributed by atoms with Crippen molar-refractivity contribution < 1.29 is 0 Å². The molecule has 1 aliphatic heterocycles. The predicted molar refractivity (Wildman–Crippen MR) is 97.6 cm³/mol. The zero-order chi connectivity index (χ0) is 16.1. The molecule has 2 aromatic rings. The first kappa shape index (κ1) is 15.1. The van der Waals surface area contributed by atoms with Gasteiger partial charge in [-0.15, -0.1) is 11.3 Å². The van der Waals surface area contributed by atoms with E-state index in [4.69, 9.17) is 4.98 Å². The number of likely N-dealkylation sites (tertiary alicyclic amines) is 1. The molecule has 24 heavy (non-hydrogen) atoms. The van der Waals surface area contributed by atoms with E-state index >= 15 is 0 Å². The van der Waals surface area contributed by atoms with E-state index in [1.165, 1.54) is 55.5 Å². The van der Waals surface area contributed by atoms with Crippen LogP contribution in [0.5, 0.6) is 0 Å². The number of nitrogens with one attached hydrogen (secondary N) is 1. The van der Waals surface area contributed by atoms with E-state index in [1.54, 1.807) is 11.3 Å². The van der Waals surface area contributed by atoms with E-state index in [0.29, 0.717) is 0 Å². The van der Waals surface area contributed by atoms with Crippen molar-refractivity contribution >= 4 is 21.6 Å². The largest absolute Gasteiger partial charge is 0.309 e. The first-order chi connectivity index (χ1) is 11.8. The minimum absolute atomic E-state index is 0.0851. The number of hydrogen-bond acceptors (Lipinski definition) is 4. The summed E-state index contributed by atoms with van der Waals surface area (Å²) in [6, 6.07) is 0. The van der Waals surface area contributed by atoms with Crippen LogP contribution in [0, 0.1) is 11.8 Å². The average Bonchev–Trinajstić information content (AvgIpc) is 3.15. The van der Waals surface area contributed by atoms with Crippen LogP contribution in [-0.2, 0) is 19.4 Å². The first-order valence-corrected chi connectivity index (χ1v) is 10.4. The molecule has 2 fully saturated rings. The number of aryl methyl sites for hydroxylation is 2. The average molecular weight is 343 g/mol. The van der Waals surface area contributed by atoms with Crippen LogP contribution in [0.4, 0.5) is 0 Å². The molecule has 1 saturated carbocycles. The minimum atomic E-state index is 0.0851. The van der Waals surface area contributed by atoms with Gasteiger partial charge in [0.15, 0.2) is 0 Å². The molecule has 2 aliphatic carbocycles. The van der Waals surface area contributed by atoms with Crippen molar-refractivity contribution in [2.45, 2.75) is 57.9 Å². The number of thiophene rings is 1. The fourth-order valence-electron chi connectivity index (χ4n) is 5.15. The normalized spacial score (nSPS) is 27.3. The Kier molecular flexibility index (Phi) is 3.74. The van der Waals surface area contributed by atoms with Crippen molar-refractivity contribution in [2.75, 3.05) is 13.1 Å². The number of fused-ring (bicyclic) bond motifs is 4. The van der Waals surface area contributed by atoms with Crippen molar-refractivity contribution in [3.63, 3.8) is 0 Å². The summed E-state index contributed by atoms with van der Waals surface area (Å²) < 4.78 is 0. The number of aromatic nitrogens is 2. The van der Waals surface area contributed by atoms with Crippen LogP contribution < -0.4 is 5.56 Å². The van der Waals surface area contributed by atoms with Crippen molar-refractivity contribution in [3.05, 3.63) is 26.6 Å². The summed E-state index contributed by atoms with van der Waals surface area (Å²) in [4.78, 5) is 25.4. The number of H-pyrrole nitrogens is 1. The number of hydrogen-bond donors (Lipinski definition) is 1. The molecule has 0 amide bonds. The van der Waals surface area contributed by atoms with Crippen LogP contribution in [-0.4, -0.2) is 28.0 Å². The molecule has 0 bridgehead atoms. The molecule has 2 aromatic heterocycles. The van der Waals surface area contributed by atoms with Gasteiger partial charge in [-0.3, -0.25) is 9.69 Å². The molecular formula is C19H25N3OS. The second-order valence-corrected chi connectivity index (χ2v) is 8.96. The Labute approximate surface area is 146 Å². The van der Waals surface area contributed by atoms with E-state index < -0.39 is 0 Å². The summed E-state index contributed by atoms with van der Waals surface area (Å²) in [7, 11) is 0. The highest BCUT2D eigenvalue weighted by Crippen LogP contribution is 2.37. The van der Waals surface area contributed by atoms with Gasteiger partial charge < -0.3 is 4.98 Å². The monoisotopic (exact) mass is 343 g/mol. The molecule has 5 rings (SSSR count). The van der Waals surface area contributed by atoms with Gasteiger partial charge in [-0.05, 0) is 56.0 Å². The number of piperidine rings is 1. The molecule has 2 atom stereocenters. The topological polar surface area (TPSA) is 49.0 Å². The third-order valence-electron chi connectivity index (χ3n) is 6.37. The number of aromatic amines is 1. The zero-order valence-electron chi connectivity index (χ0n) is 14.1. The van der Waals surface area contributed by atoms with Gasteiger partial charge in [0.1, 0.15) is 10.7 Å². The van der Waals surface area contributed by atoms with Gasteiger partial charge in [-0.1, -0.05) is 19.3 Å². The smallest absolute Gasteiger partial charge is 0.259 e. The first-order valence-electron chi connectivity index (χ1n) is 9.54. The summed E-state index contributed by atoms with van der Waals surface area (Å²) in [5.74, 6) is 2.68. The Morgan fingerprint density at radius 3 is 2.92 bits per heavy atom. The summed E-state index contributed by atoms with van der Waals surface area (Å²) in [5, 5.41) is 0.877. The lowest BCUT2D eigenvalue weighted by atomic mass is 9.75. The lowest BCUT2D eigenvalue weighted by Gasteiger charge is -2.41. The molecule has 128 valence electrons. The van der Waals surface area contributed by atoms with Crippen LogP contribution >= 0.6 is 11.3 Å². The highest BCUT2D eigenvalue weighted by atomic mass is 32.1. The van der Waals surface area contributed by atoms with Gasteiger partial charge in [0.2, 0.25) is 0 Å². The third kappa shape index (κ3) is 2.53. The van der Waals surface area contributed by atoms with Crippen LogP contribution in [0.3, 0.4) is 0 Å².